The zero-order valence-electron chi connectivity index (χ0n) is 8.44. The molecule has 1 heterocycles. The van der Waals surface area contributed by atoms with Crippen molar-refractivity contribution in [3.63, 3.8) is 0 Å². The summed E-state index contributed by atoms with van der Waals surface area (Å²) in [5.74, 6) is 0.996. The number of rotatable bonds is 0. The summed E-state index contributed by atoms with van der Waals surface area (Å²) in [6, 6.07) is 12.6. The molecule has 0 aromatic heterocycles. The molecule has 0 fully saturated rings. The molecule has 3 rings (SSSR count). The fourth-order valence-corrected chi connectivity index (χ4v) is 2.18. The lowest BCUT2D eigenvalue weighted by atomic mass is 9.96. The minimum absolute atomic E-state index is 0.128. The van der Waals surface area contributed by atoms with Gasteiger partial charge in [0.05, 0.1) is 0 Å². The third-order valence-corrected chi connectivity index (χ3v) is 2.92. The third kappa shape index (κ3) is 1.38. The van der Waals surface area contributed by atoms with E-state index in [-0.39, 0.29) is 6.04 Å². The molecule has 0 radical (unpaired) electrons. The summed E-state index contributed by atoms with van der Waals surface area (Å²) in [4.78, 5) is 0. The Labute approximate surface area is 88.7 Å². The highest BCUT2D eigenvalue weighted by Gasteiger charge is 2.18. The van der Waals surface area contributed by atoms with Gasteiger partial charge in [-0.15, -0.1) is 0 Å². The highest BCUT2D eigenvalue weighted by Crippen LogP contribution is 2.31. The summed E-state index contributed by atoms with van der Waals surface area (Å²) < 4.78 is 5.62. The molecule has 1 aliphatic rings. The Balaban J connectivity index is 2.28. The summed E-state index contributed by atoms with van der Waals surface area (Å²) in [7, 11) is 0. The Morgan fingerprint density at radius 1 is 1.13 bits per heavy atom. The van der Waals surface area contributed by atoms with Gasteiger partial charge in [0.25, 0.3) is 0 Å². The van der Waals surface area contributed by atoms with Gasteiger partial charge in [-0.25, -0.2) is 0 Å². The lowest BCUT2D eigenvalue weighted by Gasteiger charge is -2.23. The lowest BCUT2D eigenvalue weighted by molar-refractivity contribution is 0.264. The molecule has 76 valence electrons. The Morgan fingerprint density at radius 2 is 2.00 bits per heavy atom. The standard InChI is InChI=1S/C13H13NO/c14-10-7-12-11-4-2-1-3-9(11)5-6-13(12)15-8-10/h1-6,10H,7-8,14H2/t10-/m1/s1. The summed E-state index contributed by atoms with van der Waals surface area (Å²) in [6.45, 7) is 0.630. The van der Waals surface area contributed by atoms with E-state index in [1.807, 2.05) is 6.07 Å². The van der Waals surface area contributed by atoms with Gasteiger partial charge in [0, 0.05) is 11.6 Å². The zero-order chi connectivity index (χ0) is 10.3. The third-order valence-electron chi connectivity index (χ3n) is 2.92. The van der Waals surface area contributed by atoms with Gasteiger partial charge in [-0.1, -0.05) is 30.3 Å². The van der Waals surface area contributed by atoms with Crippen molar-refractivity contribution in [1.29, 1.82) is 0 Å². The van der Waals surface area contributed by atoms with E-state index in [1.54, 1.807) is 0 Å². The number of nitrogens with two attached hydrogens (primary N) is 1. The van der Waals surface area contributed by atoms with Crippen LogP contribution in [0.5, 0.6) is 5.75 Å². The topological polar surface area (TPSA) is 35.2 Å². The van der Waals surface area contributed by atoms with Crippen LogP contribution in [0.25, 0.3) is 10.8 Å². The molecular formula is C13H13NO. The first-order valence-corrected chi connectivity index (χ1v) is 5.23. The van der Waals surface area contributed by atoms with Crippen molar-refractivity contribution in [3.8, 4) is 5.75 Å². The van der Waals surface area contributed by atoms with E-state index in [2.05, 4.69) is 30.3 Å². The molecule has 15 heavy (non-hydrogen) atoms. The summed E-state index contributed by atoms with van der Waals surface area (Å²) in [5, 5.41) is 2.53. The fraction of sp³-hybridized carbons (Fsp3) is 0.231. The van der Waals surface area contributed by atoms with E-state index in [4.69, 9.17) is 10.5 Å². The molecule has 1 aliphatic heterocycles. The summed E-state index contributed by atoms with van der Waals surface area (Å²) in [6.07, 6.45) is 0.913. The highest BCUT2D eigenvalue weighted by atomic mass is 16.5. The van der Waals surface area contributed by atoms with Crippen molar-refractivity contribution < 1.29 is 4.74 Å². The molecule has 2 N–H and O–H groups in total. The molecule has 0 saturated carbocycles. The molecule has 0 saturated heterocycles. The van der Waals surface area contributed by atoms with Crippen LogP contribution >= 0.6 is 0 Å². The van der Waals surface area contributed by atoms with Crippen LogP contribution in [0.3, 0.4) is 0 Å². The largest absolute Gasteiger partial charge is 0.492 e. The van der Waals surface area contributed by atoms with Crippen LogP contribution in [-0.4, -0.2) is 12.6 Å². The smallest absolute Gasteiger partial charge is 0.123 e. The van der Waals surface area contributed by atoms with Crippen LogP contribution in [0.2, 0.25) is 0 Å². The van der Waals surface area contributed by atoms with E-state index in [0.717, 1.165) is 12.2 Å². The molecule has 1 atom stereocenters. The second-order valence-corrected chi connectivity index (χ2v) is 4.04. The predicted molar refractivity (Wildman–Crippen MR) is 61.1 cm³/mol. The maximum Gasteiger partial charge on any atom is 0.123 e. The predicted octanol–water partition coefficient (Wildman–Crippen LogP) is 2.10. The van der Waals surface area contributed by atoms with E-state index in [0.29, 0.717) is 6.61 Å². The molecule has 0 spiro atoms. The second kappa shape index (κ2) is 3.24. The molecule has 2 aromatic carbocycles. The van der Waals surface area contributed by atoms with Gasteiger partial charge in [0.2, 0.25) is 0 Å². The molecule has 2 nitrogen and oxygen atoms in total. The SMILES string of the molecule is N[C@H]1COc2ccc3ccccc3c2C1. The van der Waals surface area contributed by atoms with Crippen LogP contribution in [0, 0.1) is 0 Å². The van der Waals surface area contributed by atoms with Crippen molar-refractivity contribution in [2.75, 3.05) is 6.61 Å². The van der Waals surface area contributed by atoms with Crippen LogP contribution < -0.4 is 10.5 Å². The number of hydrogen-bond acceptors (Lipinski definition) is 2. The van der Waals surface area contributed by atoms with Gasteiger partial charge < -0.3 is 10.5 Å². The first kappa shape index (κ1) is 8.74. The zero-order valence-corrected chi connectivity index (χ0v) is 8.44. The van der Waals surface area contributed by atoms with Crippen LogP contribution in [0.1, 0.15) is 5.56 Å². The summed E-state index contributed by atoms with van der Waals surface area (Å²) >= 11 is 0. The number of hydrogen-bond donors (Lipinski definition) is 1. The van der Waals surface area contributed by atoms with E-state index in [1.165, 1.54) is 16.3 Å². The van der Waals surface area contributed by atoms with Gasteiger partial charge in [0.15, 0.2) is 0 Å². The average molecular weight is 199 g/mol. The maximum absolute atomic E-state index is 5.92. The second-order valence-electron chi connectivity index (χ2n) is 4.04. The molecule has 0 unspecified atom stereocenters. The highest BCUT2D eigenvalue weighted by molar-refractivity contribution is 5.88. The van der Waals surface area contributed by atoms with Crippen molar-refractivity contribution >= 4 is 10.8 Å². The maximum atomic E-state index is 5.92. The molecule has 0 amide bonds. The average Bonchev–Trinajstić information content (AvgIpc) is 2.29. The van der Waals surface area contributed by atoms with E-state index >= 15 is 0 Å². The van der Waals surface area contributed by atoms with Gasteiger partial charge in [0.1, 0.15) is 12.4 Å². The monoisotopic (exact) mass is 199 g/mol. The lowest BCUT2D eigenvalue weighted by Crippen LogP contribution is -2.33. The van der Waals surface area contributed by atoms with Crippen molar-refractivity contribution in [2.24, 2.45) is 5.73 Å². The Bertz CT molecular complexity index is 507. The number of fused-ring (bicyclic) bond motifs is 3. The van der Waals surface area contributed by atoms with Gasteiger partial charge in [-0.05, 0) is 23.3 Å². The van der Waals surface area contributed by atoms with Crippen molar-refractivity contribution in [2.45, 2.75) is 12.5 Å². The summed E-state index contributed by atoms with van der Waals surface area (Å²) in [5.41, 5.74) is 7.17. The fourth-order valence-electron chi connectivity index (χ4n) is 2.18. The minimum Gasteiger partial charge on any atom is -0.492 e. The number of ether oxygens (including phenoxy) is 1. The van der Waals surface area contributed by atoms with Gasteiger partial charge in [-0.3, -0.25) is 0 Å². The van der Waals surface area contributed by atoms with E-state index in [9.17, 15) is 0 Å². The van der Waals surface area contributed by atoms with Crippen molar-refractivity contribution in [3.05, 3.63) is 42.0 Å². The van der Waals surface area contributed by atoms with Gasteiger partial charge >= 0.3 is 0 Å². The number of benzene rings is 2. The first-order valence-electron chi connectivity index (χ1n) is 5.23. The molecule has 0 bridgehead atoms. The Morgan fingerprint density at radius 3 is 2.93 bits per heavy atom. The Hall–Kier alpha value is -1.54. The molecule has 2 heteroatoms. The molecule has 0 aliphatic carbocycles. The van der Waals surface area contributed by atoms with Crippen LogP contribution in [0.4, 0.5) is 0 Å². The van der Waals surface area contributed by atoms with Crippen LogP contribution in [0.15, 0.2) is 36.4 Å². The Kier molecular flexibility index (Phi) is 1.89. The van der Waals surface area contributed by atoms with Gasteiger partial charge in [-0.2, -0.15) is 0 Å². The first-order chi connectivity index (χ1) is 7.34. The quantitative estimate of drug-likeness (QED) is 0.705. The molecular weight excluding hydrogens is 186 g/mol. The molecule has 2 aromatic rings. The van der Waals surface area contributed by atoms with E-state index < -0.39 is 0 Å². The normalized spacial score (nSPS) is 19.7. The van der Waals surface area contributed by atoms with Crippen LogP contribution in [-0.2, 0) is 6.42 Å². The minimum atomic E-state index is 0.128. The van der Waals surface area contributed by atoms with Crippen molar-refractivity contribution in [1.82, 2.24) is 0 Å².